The van der Waals surface area contributed by atoms with Gasteiger partial charge in [0.15, 0.2) is 0 Å². The number of nitrogens with one attached hydrogen (secondary N) is 1. The molecule has 0 unspecified atom stereocenters. The Hall–Kier alpha value is -2.41. The summed E-state index contributed by atoms with van der Waals surface area (Å²) < 4.78 is 1.31. The quantitative estimate of drug-likeness (QED) is 0.764. The van der Waals surface area contributed by atoms with Crippen LogP contribution < -0.4 is 11.1 Å². The number of carbonyl (C=O) groups is 1. The number of likely N-dealkylation sites (N-methyl/N-ethyl adjacent to an activating group) is 1. The van der Waals surface area contributed by atoms with Crippen molar-refractivity contribution >= 4 is 17.0 Å². The van der Waals surface area contributed by atoms with Crippen molar-refractivity contribution in [2.24, 2.45) is 0 Å². The average molecular weight is 277 g/mol. The van der Waals surface area contributed by atoms with E-state index in [0.717, 1.165) is 0 Å². The van der Waals surface area contributed by atoms with E-state index in [4.69, 9.17) is 5.11 Å². The van der Waals surface area contributed by atoms with Gasteiger partial charge in [-0.15, -0.1) is 0 Å². The number of hydrogen-bond donors (Lipinski definition) is 2. The normalized spacial score (nSPS) is 11.2. The van der Waals surface area contributed by atoms with Crippen LogP contribution in [0.25, 0.3) is 11.0 Å². The van der Waals surface area contributed by atoms with E-state index in [1.807, 2.05) is 19.0 Å². The summed E-state index contributed by atoms with van der Waals surface area (Å²) >= 11 is 0. The van der Waals surface area contributed by atoms with Gasteiger partial charge in [0.2, 0.25) is 0 Å². The molecule has 7 heteroatoms. The van der Waals surface area contributed by atoms with E-state index in [2.05, 4.69) is 4.98 Å². The number of carboxylic acid groups (broad SMARTS) is 1. The van der Waals surface area contributed by atoms with Crippen molar-refractivity contribution in [3.8, 4) is 0 Å². The summed E-state index contributed by atoms with van der Waals surface area (Å²) in [7, 11) is 3.70. The fourth-order valence-electron chi connectivity index (χ4n) is 1.92. The van der Waals surface area contributed by atoms with Gasteiger partial charge in [0.05, 0.1) is 16.6 Å². The fourth-order valence-corrected chi connectivity index (χ4v) is 1.92. The summed E-state index contributed by atoms with van der Waals surface area (Å²) in [5.41, 5.74) is -0.460. The molecule has 2 aromatic rings. The second kappa shape index (κ2) is 5.30. The van der Waals surface area contributed by atoms with Crippen molar-refractivity contribution in [2.45, 2.75) is 6.54 Å². The maximum atomic E-state index is 11.9. The Bertz CT molecular complexity index is 773. The summed E-state index contributed by atoms with van der Waals surface area (Å²) in [6.45, 7) is 0.880. The lowest BCUT2D eigenvalue weighted by molar-refractivity contribution is 0.0697. The van der Waals surface area contributed by atoms with Gasteiger partial charge in [0.25, 0.3) is 0 Å². The van der Waals surface area contributed by atoms with Crippen molar-refractivity contribution in [3.63, 3.8) is 0 Å². The molecular weight excluding hydrogens is 262 g/mol. The Morgan fingerprint density at radius 2 is 2.05 bits per heavy atom. The van der Waals surface area contributed by atoms with E-state index in [1.54, 1.807) is 0 Å². The van der Waals surface area contributed by atoms with Crippen LogP contribution in [0.1, 0.15) is 10.4 Å². The van der Waals surface area contributed by atoms with E-state index in [9.17, 15) is 14.4 Å². The highest BCUT2D eigenvalue weighted by molar-refractivity contribution is 5.92. The van der Waals surface area contributed by atoms with Crippen LogP contribution in [0.3, 0.4) is 0 Å². The smallest absolute Gasteiger partial charge is 0.335 e. The molecular formula is C13H15N3O4. The molecule has 0 saturated carbocycles. The number of fused-ring (bicyclic) bond motifs is 1. The number of carboxylic acids is 1. The minimum atomic E-state index is -1.08. The average Bonchev–Trinajstić information content (AvgIpc) is 2.38. The van der Waals surface area contributed by atoms with E-state index >= 15 is 0 Å². The van der Waals surface area contributed by atoms with Crippen LogP contribution in [0.4, 0.5) is 0 Å². The molecule has 20 heavy (non-hydrogen) atoms. The van der Waals surface area contributed by atoms with E-state index in [1.165, 1.54) is 22.8 Å². The first-order valence-electron chi connectivity index (χ1n) is 6.05. The van der Waals surface area contributed by atoms with Crippen LogP contribution in [0, 0.1) is 0 Å². The molecule has 0 saturated heterocycles. The molecule has 0 radical (unpaired) electrons. The van der Waals surface area contributed by atoms with Gasteiger partial charge >= 0.3 is 17.1 Å². The predicted octanol–water partition coefficient (Wildman–Crippen LogP) is -0.0504. The number of aromatic amines is 1. The first kappa shape index (κ1) is 14.0. The number of nitrogens with zero attached hydrogens (tertiary/aromatic N) is 2. The number of benzene rings is 1. The number of hydrogen-bond acceptors (Lipinski definition) is 4. The Balaban J connectivity index is 2.69. The van der Waals surface area contributed by atoms with Crippen LogP contribution in [-0.2, 0) is 6.54 Å². The lowest BCUT2D eigenvalue weighted by atomic mass is 10.2. The van der Waals surface area contributed by atoms with Crippen molar-refractivity contribution in [1.82, 2.24) is 14.5 Å². The molecule has 7 nitrogen and oxygen atoms in total. The zero-order valence-electron chi connectivity index (χ0n) is 11.2. The van der Waals surface area contributed by atoms with Gasteiger partial charge in [-0.25, -0.2) is 4.79 Å². The molecule has 1 aromatic carbocycles. The second-order valence-electron chi connectivity index (χ2n) is 4.75. The molecule has 0 aliphatic heterocycles. The van der Waals surface area contributed by atoms with E-state index in [-0.39, 0.29) is 5.56 Å². The van der Waals surface area contributed by atoms with E-state index in [0.29, 0.717) is 24.1 Å². The van der Waals surface area contributed by atoms with Crippen LogP contribution in [0.15, 0.2) is 27.8 Å². The van der Waals surface area contributed by atoms with E-state index < -0.39 is 17.1 Å². The Kier molecular flexibility index (Phi) is 3.71. The van der Waals surface area contributed by atoms with Gasteiger partial charge < -0.3 is 19.6 Å². The van der Waals surface area contributed by atoms with Crippen LogP contribution in [0.2, 0.25) is 0 Å². The SMILES string of the molecule is CN(C)CCn1c(=O)c(=O)[nH]c2ccc(C(=O)O)cc21. The predicted molar refractivity (Wildman–Crippen MR) is 74.3 cm³/mol. The number of aromatic nitrogens is 2. The zero-order valence-corrected chi connectivity index (χ0v) is 11.2. The maximum absolute atomic E-state index is 11.9. The largest absolute Gasteiger partial charge is 0.478 e. The lowest BCUT2D eigenvalue weighted by Gasteiger charge is -2.13. The summed E-state index contributed by atoms with van der Waals surface area (Å²) in [6, 6.07) is 4.28. The molecule has 0 atom stereocenters. The molecule has 0 bridgehead atoms. The monoisotopic (exact) mass is 277 g/mol. The Morgan fingerprint density at radius 3 is 2.65 bits per heavy atom. The molecule has 0 aliphatic rings. The molecule has 0 fully saturated rings. The van der Waals surface area contributed by atoms with Crippen LogP contribution >= 0.6 is 0 Å². The van der Waals surface area contributed by atoms with Gasteiger partial charge in [-0.1, -0.05) is 0 Å². The van der Waals surface area contributed by atoms with Crippen molar-refractivity contribution < 1.29 is 9.90 Å². The molecule has 1 aromatic heterocycles. The molecule has 1 heterocycles. The highest BCUT2D eigenvalue weighted by atomic mass is 16.4. The summed E-state index contributed by atoms with van der Waals surface area (Å²) in [5, 5.41) is 9.01. The molecule has 2 N–H and O–H groups in total. The highest BCUT2D eigenvalue weighted by Gasteiger charge is 2.11. The zero-order chi connectivity index (χ0) is 14.9. The Morgan fingerprint density at radius 1 is 1.35 bits per heavy atom. The van der Waals surface area contributed by atoms with Crippen molar-refractivity contribution in [2.75, 3.05) is 20.6 Å². The highest BCUT2D eigenvalue weighted by Crippen LogP contribution is 2.11. The topological polar surface area (TPSA) is 95.4 Å². The molecule has 0 spiro atoms. The third kappa shape index (κ3) is 2.62. The molecule has 0 amide bonds. The van der Waals surface area contributed by atoms with Gasteiger partial charge in [-0.3, -0.25) is 9.59 Å². The minimum absolute atomic E-state index is 0.0718. The van der Waals surface area contributed by atoms with Crippen LogP contribution in [-0.4, -0.2) is 46.2 Å². The minimum Gasteiger partial charge on any atom is -0.478 e. The third-order valence-electron chi connectivity index (χ3n) is 2.99. The Labute approximate surface area is 114 Å². The number of rotatable bonds is 4. The first-order valence-corrected chi connectivity index (χ1v) is 6.05. The van der Waals surface area contributed by atoms with Gasteiger partial charge in [0.1, 0.15) is 0 Å². The summed E-state index contributed by atoms with van der Waals surface area (Å²) in [4.78, 5) is 38.9. The van der Waals surface area contributed by atoms with Gasteiger partial charge in [-0.05, 0) is 32.3 Å². The van der Waals surface area contributed by atoms with Gasteiger partial charge in [0, 0.05) is 13.1 Å². The number of H-pyrrole nitrogens is 1. The summed E-state index contributed by atoms with van der Waals surface area (Å²) in [6.07, 6.45) is 0. The van der Waals surface area contributed by atoms with Crippen molar-refractivity contribution in [1.29, 1.82) is 0 Å². The molecule has 2 rings (SSSR count). The summed E-state index contributed by atoms with van der Waals surface area (Å²) in [5.74, 6) is -1.08. The first-order chi connectivity index (χ1) is 9.40. The second-order valence-corrected chi connectivity index (χ2v) is 4.75. The molecule has 106 valence electrons. The maximum Gasteiger partial charge on any atom is 0.335 e. The number of aromatic carboxylic acids is 1. The molecule has 0 aliphatic carbocycles. The third-order valence-corrected chi connectivity index (χ3v) is 2.99. The van der Waals surface area contributed by atoms with Crippen molar-refractivity contribution in [3.05, 3.63) is 44.5 Å². The van der Waals surface area contributed by atoms with Crippen LogP contribution in [0.5, 0.6) is 0 Å². The lowest BCUT2D eigenvalue weighted by Crippen LogP contribution is -2.38. The standard InChI is InChI=1S/C13H15N3O4/c1-15(2)5-6-16-10-7-8(13(19)20)3-4-9(10)14-11(17)12(16)18/h3-4,7H,5-6H2,1-2H3,(H,14,17)(H,19,20). The van der Waals surface area contributed by atoms with Gasteiger partial charge in [-0.2, -0.15) is 0 Å². The fraction of sp³-hybridized carbons (Fsp3) is 0.308.